The Bertz CT molecular complexity index is 623. The maximum atomic E-state index is 13.6. The number of halogens is 4. The van der Waals surface area contributed by atoms with E-state index < -0.39 is 11.6 Å². The summed E-state index contributed by atoms with van der Waals surface area (Å²) in [6, 6.07) is 3.84. The summed E-state index contributed by atoms with van der Waals surface area (Å²) in [7, 11) is 0. The molecule has 3 nitrogen and oxygen atoms in total. The number of aryl methyl sites for hydroxylation is 1. The summed E-state index contributed by atoms with van der Waals surface area (Å²) >= 11 is 6.28. The summed E-state index contributed by atoms with van der Waals surface area (Å²) in [5, 5.41) is 0. The Morgan fingerprint density at radius 2 is 1.89 bits per heavy atom. The molecule has 0 radical (unpaired) electrons. The number of hydrogen-bond donors (Lipinski definition) is 0. The van der Waals surface area contributed by atoms with E-state index in [4.69, 9.17) is 4.74 Å². The van der Waals surface area contributed by atoms with Crippen molar-refractivity contribution in [1.29, 1.82) is 0 Å². The van der Waals surface area contributed by atoms with Crippen molar-refractivity contribution < 1.29 is 13.5 Å². The quantitative estimate of drug-likeness (QED) is 0.563. The van der Waals surface area contributed by atoms with Crippen molar-refractivity contribution in [2.24, 2.45) is 0 Å². The normalized spacial score (nSPS) is 10.6. The first kappa shape index (κ1) is 14.3. The molecule has 0 aliphatic heterocycles. The van der Waals surface area contributed by atoms with Crippen LogP contribution < -0.4 is 4.74 Å². The lowest BCUT2D eigenvalue weighted by Crippen LogP contribution is -1.98. The molecule has 0 unspecified atom stereocenters. The Morgan fingerprint density at radius 3 is 2.58 bits per heavy atom. The van der Waals surface area contributed by atoms with E-state index >= 15 is 0 Å². The molecule has 0 fully saturated rings. The minimum Gasteiger partial charge on any atom is -0.436 e. The maximum absolute atomic E-state index is 13.6. The predicted octanol–water partition coefficient (Wildman–Crippen LogP) is 4.63. The Kier molecular flexibility index (Phi) is 4.46. The first-order chi connectivity index (χ1) is 8.99. The number of ether oxygens (including phenoxy) is 1. The van der Waals surface area contributed by atoms with Crippen LogP contribution in [-0.4, -0.2) is 9.97 Å². The van der Waals surface area contributed by atoms with Crippen molar-refractivity contribution in [3.05, 3.63) is 44.7 Å². The maximum Gasteiger partial charge on any atom is 0.223 e. The molecule has 7 heteroatoms. The SMILES string of the molecule is CCc1nc(Br)cc(Oc2cc(Br)cc(F)c2F)n1. The number of benzene rings is 1. The highest BCUT2D eigenvalue weighted by molar-refractivity contribution is 9.10. The fourth-order valence-electron chi connectivity index (χ4n) is 1.37. The van der Waals surface area contributed by atoms with Gasteiger partial charge in [-0.3, -0.25) is 0 Å². The highest BCUT2D eigenvalue weighted by Crippen LogP contribution is 2.29. The largest absolute Gasteiger partial charge is 0.436 e. The molecule has 1 aromatic carbocycles. The lowest BCUT2D eigenvalue weighted by atomic mass is 10.3. The molecule has 0 atom stereocenters. The summed E-state index contributed by atoms with van der Waals surface area (Å²) in [5.74, 6) is -1.60. The molecule has 0 saturated heterocycles. The van der Waals surface area contributed by atoms with Crippen LogP contribution in [0.3, 0.4) is 0 Å². The van der Waals surface area contributed by atoms with Gasteiger partial charge in [0.25, 0.3) is 0 Å². The van der Waals surface area contributed by atoms with Crippen molar-refractivity contribution in [3.63, 3.8) is 0 Å². The minimum atomic E-state index is -1.06. The molecule has 0 N–H and O–H groups in total. The average molecular weight is 394 g/mol. The summed E-state index contributed by atoms with van der Waals surface area (Å²) in [5.41, 5.74) is 0. The van der Waals surface area contributed by atoms with Crippen molar-refractivity contribution in [3.8, 4) is 11.6 Å². The van der Waals surface area contributed by atoms with Crippen LogP contribution in [0.2, 0.25) is 0 Å². The Morgan fingerprint density at radius 1 is 1.16 bits per heavy atom. The summed E-state index contributed by atoms with van der Waals surface area (Å²) < 4.78 is 33.0. The topological polar surface area (TPSA) is 35.0 Å². The standard InChI is InChI=1S/C12H8Br2F2N2O/c1-2-10-17-9(14)5-11(18-10)19-8-4-6(13)3-7(15)12(8)16/h3-5H,2H2,1H3. The molecular formula is C12H8Br2F2N2O. The second-order valence-corrected chi connectivity index (χ2v) is 5.33. The van der Waals surface area contributed by atoms with Crippen molar-refractivity contribution in [2.75, 3.05) is 0 Å². The summed E-state index contributed by atoms with van der Waals surface area (Å²) in [6.45, 7) is 1.88. The van der Waals surface area contributed by atoms with Gasteiger partial charge in [-0.1, -0.05) is 22.9 Å². The van der Waals surface area contributed by atoms with E-state index in [1.54, 1.807) is 0 Å². The van der Waals surface area contributed by atoms with Gasteiger partial charge in [-0.2, -0.15) is 9.37 Å². The van der Waals surface area contributed by atoms with Crippen LogP contribution in [0.15, 0.2) is 27.3 Å². The molecule has 2 aromatic rings. The molecule has 0 bridgehead atoms. The van der Waals surface area contributed by atoms with Gasteiger partial charge in [0.1, 0.15) is 10.4 Å². The van der Waals surface area contributed by atoms with Gasteiger partial charge in [0.05, 0.1) is 0 Å². The van der Waals surface area contributed by atoms with Gasteiger partial charge < -0.3 is 4.74 Å². The van der Waals surface area contributed by atoms with Gasteiger partial charge in [-0.25, -0.2) is 9.37 Å². The summed E-state index contributed by atoms with van der Waals surface area (Å²) in [4.78, 5) is 8.18. The number of hydrogen-bond acceptors (Lipinski definition) is 3. The Labute approximate surface area is 125 Å². The smallest absolute Gasteiger partial charge is 0.223 e. The highest BCUT2D eigenvalue weighted by atomic mass is 79.9. The monoisotopic (exact) mass is 392 g/mol. The Balaban J connectivity index is 2.38. The van der Waals surface area contributed by atoms with Crippen LogP contribution >= 0.6 is 31.9 Å². The minimum absolute atomic E-state index is 0.148. The predicted molar refractivity (Wildman–Crippen MR) is 73.2 cm³/mol. The third-order valence-corrected chi connectivity index (χ3v) is 3.07. The van der Waals surface area contributed by atoms with Crippen LogP contribution in [0, 0.1) is 11.6 Å². The van der Waals surface area contributed by atoms with Crippen LogP contribution in [0.1, 0.15) is 12.7 Å². The number of nitrogens with zero attached hydrogens (tertiary/aromatic N) is 2. The van der Waals surface area contributed by atoms with Gasteiger partial charge in [0.15, 0.2) is 11.6 Å². The van der Waals surface area contributed by atoms with Gasteiger partial charge in [-0.15, -0.1) is 0 Å². The molecule has 0 spiro atoms. The fourth-order valence-corrected chi connectivity index (χ4v) is 2.18. The van der Waals surface area contributed by atoms with Crippen LogP contribution in [0.4, 0.5) is 8.78 Å². The van der Waals surface area contributed by atoms with Gasteiger partial charge in [0.2, 0.25) is 11.7 Å². The van der Waals surface area contributed by atoms with Crippen molar-refractivity contribution >= 4 is 31.9 Å². The Hall–Kier alpha value is -1.08. The van der Waals surface area contributed by atoms with E-state index in [0.29, 0.717) is 21.3 Å². The molecule has 100 valence electrons. The first-order valence-electron chi connectivity index (χ1n) is 5.35. The number of rotatable bonds is 3. The molecule has 1 heterocycles. The van der Waals surface area contributed by atoms with Crippen LogP contribution in [-0.2, 0) is 6.42 Å². The van der Waals surface area contributed by atoms with E-state index in [1.807, 2.05) is 6.92 Å². The molecule has 0 amide bonds. The van der Waals surface area contributed by atoms with Crippen molar-refractivity contribution in [2.45, 2.75) is 13.3 Å². The zero-order valence-corrected chi connectivity index (χ0v) is 12.9. The second-order valence-electron chi connectivity index (χ2n) is 3.60. The summed E-state index contributed by atoms with van der Waals surface area (Å²) in [6.07, 6.45) is 0.602. The molecule has 0 aliphatic rings. The van der Waals surface area contributed by atoms with Gasteiger partial charge in [-0.05, 0) is 28.1 Å². The second kappa shape index (κ2) is 5.92. The van der Waals surface area contributed by atoms with E-state index in [0.717, 1.165) is 6.07 Å². The first-order valence-corrected chi connectivity index (χ1v) is 6.94. The van der Waals surface area contributed by atoms with Crippen LogP contribution in [0.5, 0.6) is 11.6 Å². The van der Waals surface area contributed by atoms with Crippen molar-refractivity contribution in [1.82, 2.24) is 9.97 Å². The number of aromatic nitrogens is 2. The van der Waals surface area contributed by atoms with E-state index in [1.165, 1.54) is 12.1 Å². The average Bonchev–Trinajstić information content (AvgIpc) is 2.34. The highest BCUT2D eigenvalue weighted by Gasteiger charge is 2.13. The zero-order chi connectivity index (χ0) is 14.0. The molecule has 0 aliphatic carbocycles. The lowest BCUT2D eigenvalue weighted by molar-refractivity contribution is 0.402. The van der Waals surface area contributed by atoms with Gasteiger partial charge >= 0.3 is 0 Å². The molecule has 19 heavy (non-hydrogen) atoms. The zero-order valence-electron chi connectivity index (χ0n) is 9.75. The van der Waals surface area contributed by atoms with Gasteiger partial charge in [0, 0.05) is 17.0 Å². The fraction of sp³-hybridized carbons (Fsp3) is 0.167. The van der Waals surface area contributed by atoms with E-state index in [-0.39, 0.29) is 11.6 Å². The third kappa shape index (κ3) is 3.48. The lowest BCUT2D eigenvalue weighted by Gasteiger charge is -2.08. The molecule has 1 aromatic heterocycles. The molecule has 0 saturated carbocycles. The van der Waals surface area contributed by atoms with E-state index in [9.17, 15) is 8.78 Å². The van der Waals surface area contributed by atoms with E-state index in [2.05, 4.69) is 41.8 Å². The molecular weight excluding hydrogens is 386 g/mol. The molecule has 2 rings (SSSR count). The van der Waals surface area contributed by atoms with Crippen LogP contribution in [0.25, 0.3) is 0 Å². The third-order valence-electron chi connectivity index (χ3n) is 2.21.